The van der Waals surface area contributed by atoms with Crippen LogP contribution in [-0.4, -0.2) is 38.1 Å². The van der Waals surface area contributed by atoms with Crippen LogP contribution in [0, 0.1) is 6.92 Å². The van der Waals surface area contributed by atoms with E-state index in [2.05, 4.69) is 4.90 Å². The van der Waals surface area contributed by atoms with Gasteiger partial charge in [0.25, 0.3) is 0 Å². The average molecular weight is 272 g/mol. The summed E-state index contributed by atoms with van der Waals surface area (Å²) in [4.78, 5) is 4.16. The van der Waals surface area contributed by atoms with E-state index in [0.29, 0.717) is 17.3 Å². The SMILES string of the molecule is Cc1cc(N2CCC(N(C)C)C2)cc(C(F)(F)F)c1. The first kappa shape index (κ1) is 14.2. The van der Waals surface area contributed by atoms with Crippen LogP contribution in [0.1, 0.15) is 17.5 Å². The molecular formula is C14H19F3N2. The summed E-state index contributed by atoms with van der Waals surface area (Å²) < 4.78 is 38.4. The predicted molar refractivity (Wildman–Crippen MR) is 70.5 cm³/mol. The molecule has 19 heavy (non-hydrogen) atoms. The number of likely N-dealkylation sites (N-methyl/N-ethyl adjacent to an activating group) is 1. The Morgan fingerprint density at radius 1 is 1.21 bits per heavy atom. The van der Waals surface area contributed by atoms with E-state index in [1.54, 1.807) is 6.92 Å². The molecule has 5 heteroatoms. The van der Waals surface area contributed by atoms with Crippen molar-refractivity contribution in [3.05, 3.63) is 29.3 Å². The topological polar surface area (TPSA) is 6.48 Å². The van der Waals surface area contributed by atoms with E-state index in [4.69, 9.17) is 0 Å². The van der Waals surface area contributed by atoms with Crippen LogP contribution in [0.3, 0.4) is 0 Å². The predicted octanol–water partition coefficient (Wildman–Crippen LogP) is 3.15. The van der Waals surface area contributed by atoms with E-state index in [9.17, 15) is 13.2 Å². The monoisotopic (exact) mass is 272 g/mol. The Labute approximate surface area is 111 Å². The zero-order chi connectivity index (χ0) is 14.2. The molecule has 0 amide bonds. The Morgan fingerprint density at radius 2 is 1.89 bits per heavy atom. The van der Waals surface area contributed by atoms with Gasteiger partial charge in [-0.1, -0.05) is 0 Å². The number of rotatable bonds is 2. The van der Waals surface area contributed by atoms with Crippen molar-refractivity contribution in [3.8, 4) is 0 Å². The van der Waals surface area contributed by atoms with Crippen LogP contribution in [0.15, 0.2) is 18.2 Å². The van der Waals surface area contributed by atoms with Crippen molar-refractivity contribution in [1.29, 1.82) is 0 Å². The van der Waals surface area contributed by atoms with Gasteiger partial charge in [0.15, 0.2) is 0 Å². The van der Waals surface area contributed by atoms with Crippen molar-refractivity contribution < 1.29 is 13.2 Å². The number of aryl methyl sites for hydroxylation is 1. The highest BCUT2D eigenvalue weighted by Crippen LogP contribution is 2.33. The quantitative estimate of drug-likeness (QED) is 0.816. The van der Waals surface area contributed by atoms with Crippen molar-refractivity contribution in [2.45, 2.75) is 25.6 Å². The Bertz CT molecular complexity index is 454. The Kier molecular flexibility index (Phi) is 3.76. The van der Waals surface area contributed by atoms with E-state index < -0.39 is 11.7 Å². The van der Waals surface area contributed by atoms with Crippen LogP contribution < -0.4 is 4.90 Å². The van der Waals surface area contributed by atoms with Gasteiger partial charge in [-0.15, -0.1) is 0 Å². The molecule has 1 unspecified atom stereocenters. The maximum Gasteiger partial charge on any atom is 0.416 e. The second-order valence-corrected chi connectivity index (χ2v) is 5.41. The molecule has 1 aromatic carbocycles. The van der Waals surface area contributed by atoms with Crippen LogP contribution in [0.5, 0.6) is 0 Å². The maximum absolute atomic E-state index is 12.8. The van der Waals surface area contributed by atoms with E-state index >= 15 is 0 Å². The highest BCUT2D eigenvalue weighted by atomic mass is 19.4. The summed E-state index contributed by atoms with van der Waals surface area (Å²) >= 11 is 0. The van der Waals surface area contributed by atoms with Gasteiger partial charge in [0.2, 0.25) is 0 Å². The number of anilines is 1. The van der Waals surface area contributed by atoms with Crippen LogP contribution in [0.4, 0.5) is 18.9 Å². The fourth-order valence-corrected chi connectivity index (χ4v) is 2.51. The number of halogens is 3. The molecule has 106 valence electrons. The minimum absolute atomic E-state index is 0.412. The average Bonchev–Trinajstić information content (AvgIpc) is 2.76. The molecule has 0 saturated carbocycles. The van der Waals surface area contributed by atoms with Crippen LogP contribution in [0.2, 0.25) is 0 Å². The normalized spacial score (nSPS) is 20.4. The molecule has 0 aromatic heterocycles. The third kappa shape index (κ3) is 3.21. The Hall–Kier alpha value is -1.23. The molecule has 1 aliphatic heterocycles. The van der Waals surface area contributed by atoms with Gasteiger partial charge in [-0.3, -0.25) is 0 Å². The number of benzene rings is 1. The molecule has 0 spiro atoms. The van der Waals surface area contributed by atoms with Crippen molar-refractivity contribution in [2.24, 2.45) is 0 Å². The van der Waals surface area contributed by atoms with Gasteiger partial charge in [-0.2, -0.15) is 13.2 Å². The van der Waals surface area contributed by atoms with Gasteiger partial charge in [0, 0.05) is 24.8 Å². The van der Waals surface area contributed by atoms with Gasteiger partial charge in [0.1, 0.15) is 0 Å². The Morgan fingerprint density at radius 3 is 2.42 bits per heavy atom. The molecule has 0 N–H and O–H groups in total. The van der Waals surface area contributed by atoms with Gasteiger partial charge < -0.3 is 9.80 Å². The highest BCUT2D eigenvalue weighted by Gasteiger charge is 2.32. The molecule has 1 atom stereocenters. The minimum atomic E-state index is -4.28. The first-order valence-electron chi connectivity index (χ1n) is 6.37. The second kappa shape index (κ2) is 5.04. The third-order valence-electron chi connectivity index (χ3n) is 3.65. The van der Waals surface area contributed by atoms with E-state index in [1.807, 2.05) is 25.1 Å². The summed E-state index contributed by atoms with van der Waals surface area (Å²) in [6, 6.07) is 4.69. The second-order valence-electron chi connectivity index (χ2n) is 5.41. The molecule has 0 bridgehead atoms. The molecule has 1 aromatic rings. The zero-order valence-corrected chi connectivity index (χ0v) is 11.5. The smallest absolute Gasteiger partial charge is 0.370 e. The molecule has 0 radical (unpaired) electrons. The van der Waals surface area contributed by atoms with Gasteiger partial charge in [-0.25, -0.2) is 0 Å². The summed E-state index contributed by atoms with van der Waals surface area (Å²) in [7, 11) is 4.01. The lowest BCUT2D eigenvalue weighted by molar-refractivity contribution is -0.137. The molecule has 1 saturated heterocycles. The molecule has 2 nitrogen and oxygen atoms in total. The summed E-state index contributed by atoms with van der Waals surface area (Å²) in [5.41, 5.74) is 0.769. The first-order valence-corrected chi connectivity index (χ1v) is 6.37. The maximum atomic E-state index is 12.8. The summed E-state index contributed by atoms with van der Waals surface area (Å²) in [5.74, 6) is 0. The van der Waals surface area contributed by atoms with Crippen LogP contribution in [0.25, 0.3) is 0 Å². The summed E-state index contributed by atoms with van der Waals surface area (Å²) in [6.07, 6.45) is -3.29. The summed E-state index contributed by atoms with van der Waals surface area (Å²) in [6.45, 7) is 3.30. The third-order valence-corrected chi connectivity index (χ3v) is 3.65. The molecular weight excluding hydrogens is 253 g/mol. The lowest BCUT2D eigenvalue weighted by Gasteiger charge is -2.23. The van der Waals surface area contributed by atoms with Crippen LogP contribution >= 0.6 is 0 Å². The molecule has 2 rings (SSSR count). The lowest BCUT2D eigenvalue weighted by Crippen LogP contribution is -2.31. The first-order chi connectivity index (χ1) is 8.77. The highest BCUT2D eigenvalue weighted by molar-refractivity contribution is 5.52. The van der Waals surface area contributed by atoms with Gasteiger partial charge >= 0.3 is 6.18 Å². The number of hydrogen-bond donors (Lipinski definition) is 0. The van der Waals surface area contributed by atoms with Crippen molar-refractivity contribution in [3.63, 3.8) is 0 Å². The van der Waals surface area contributed by atoms with Crippen molar-refractivity contribution in [1.82, 2.24) is 4.90 Å². The van der Waals surface area contributed by atoms with Gasteiger partial charge in [0.05, 0.1) is 5.56 Å². The zero-order valence-electron chi connectivity index (χ0n) is 11.5. The number of hydrogen-bond acceptors (Lipinski definition) is 2. The van der Waals surface area contributed by atoms with Gasteiger partial charge in [-0.05, 0) is 51.2 Å². The standard InChI is InChI=1S/C14H19F3N2/c1-10-6-11(14(15,16)17)8-13(7-10)19-5-4-12(9-19)18(2)3/h6-8,12H,4-5,9H2,1-3H3. The van der Waals surface area contributed by atoms with Crippen molar-refractivity contribution in [2.75, 3.05) is 32.1 Å². The number of alkyl halides is 3. The van der Waals surface area contributed by atoms with Crippen molar-refractivity contribution >= 4 is 5.69 Å². The fourth-order valence-electron chi connectivity index (χ4n) is 2.51. The fraction of sp³-hybridized carbons (Fsp3) is 0.571. The van der Waals surface area contributed by atoms with E-state index in [0.717, 1.165) is 19.5 Å². The lowest BCUT2D eigenvalue weighted by atomic mass is 10.1. The van der Waals surface area contributed by atoms with E-state index in [-0.39, 0.29) is 0 Å². The minimum Gasteiger partial charge on any atom is -0.370 e. The Balaban J connectivity index is 2.24. The molecule has 0 aliphatic carbocycles. The molecule has 1 heterocycles. The molecule has 1 fully saturated rings. The van der Waals surface area contributed by atoms with E-state index in [1.165, 1.54) is 12.1 Å². The van der Waals surface area contributed by atoms with Crippen LogP contribution in [-0.2, 0) is 6.18 Å². The largest absolute Gasteiger partial charge is 0.416 e. The summed E-state index contributed by atoms with van der Waals surface area (Å²) in [5, 5.41) is 0. The number of nitrogens with zero attached hydrogens (tertiary/aromatic N) is 2. The molecule has 1 aliphatic rings.